The van der Waals surface area contributed by atoms with Gasteiger partial charge in [-0.3, -0.25) is 0 Å². The lowest BCUT2D eigenvalue weighted by Crippen LogP contribution is -2.41. The number of anilines is 1. The van der Waals surface area contributed by atoms with Gasteiger partial charge in [0.05, 0.1) is 11.9 Å². The average molecular weight is 341 g/mol. The van der Waals surface area contributed by atoms with Crippen molar-refractivity contribution in [2.24, 2.45) is 0 Å². The molecule has 4 rings (SSSR count). The average Bonchev–Trinajstić information content (AvgIpc) is 3.10. The molecule has 0 fully saturated rings. The lowest BCUT2D eigenvalue weighted by molar-refractivity contribution is 0.0951. The summed E-state index contributed by atoms with van der Waals surface area (Å²) in [6.07, 6.45) is 2.67. The Labute approximate surface area is 144 Å². The molecule has 0 saturated carbocycles. The fourth-order valence-corrected chi connectivity index (χ4v) is 3.71. The van der Waals surface area contributed by atoms with Crippen LogP contribution in [0.4, 0.5) is 5.82 Å². The van der Waals surface area contributed by atoms with Crippen LogP contribution in [0.25, 0.3) is 10.2 Å². The zero-order valence-corrected chi connectivity index (χ0v) is 14.3. The molecule has 1 unspecified atom stereocenters. The minimum Gasteiger partial charge on any atom is -0.486 e. The Bertz CT molecular complexity index is 836. The van der Waals surface area contributed by atoms with Gasteiger partial charge in [0.2, 0.25) is 0 Å². The Hall–Kier alpha value is -2.34. The van der Waals surface area contributed by atoms with Crippen molar-refractivity contribution in [3.05, 3.63) is 42.0 Å². The molecule has 0 spiro atoms. The fourth-order valence-electron chi connectivity index (χ4n) is 2.98. The van der Waals surface area contributed by atoms with Gasteiger partial charge in [0.25, 0.3) is 0 Å². The fraction of sp³-hybridized carbons (Fsp3) is 0.333. The maximum atomic E-state index is 6.12. The lowest BCUT2D eigenvalue weighted by Gasteiger charge is -2.32. The molecule has 0 saturated heterocycles. The van der Waals surface area contributed by atoms with Crippen LogP contribution in [0.5, 0.6) is 11.5 Å². The lowest BCUT2D eigenvalue weighted by atomic mass is 10.2. The summed E-state index contributed by atoms with van der Waals surface area (Å²) in [6.45, 7) is 4.38. The molecule has 1 aliphatic rings. The van der Waals surface area contributed by atoms with Crippen molar-refractivity contribution in [2.75, 3.05) is 24.6 Å². The Morgan fingerprint density at radius 3 is 2.96 bits per heavy atom. The van der Waals surface area contributed by atoms with Gasteiger partial charge in [0.15, 0.2) is 17.6 Å². The molecule has 24 heavy (non-hydrogen) atoms. The number of nitrogens with zero attached hydrogens (tertiary/aromatic N) is 3. The summed E-state index contributed by atoms with van der Waals surface area (Å²) < 4.78 is 12.0. The number of benzene rings is 1. The normalized spacial score (nSPS) is 16.3. The van der Waals surface area contributed by atoms with Crippen LogP contribution in [0.1, 0.15) is 13.3 Å². The largest absolute Gasteiger partial charge is 0.486 e. The highest BCUT2D eigenvalue weighted by atomic mass is 32.1. The number of para-hydroxylation sites is 2. The zero-order valence-electron chi connectivity index (χ0n) is 13.5. The van der Waals surface area contributed by atoms with Gasteiger partial charge >= 0.3 is 0 Å². The van der Waals surface area contributed by atoms with Crippen LogP contribution in [0.3, 0.4) is 0 Å². The number of hydrogen-bond acceptors (Lipinski definition) is 6. The second-order valence-corrected chi connectivity index (χ2v) is 6.67. The topological polar surface area (TPSA) is 47.5 Å². The van der Waals surface area contributed by atoms with Gasteiger partial charge in [0.1, 0.15) is 23.6 Å². The molecular formula is C18H19N3O2S. The number of thiophene rings is 1. The van der Waals surface area contributed by atoms with E-state index in [1.54, 1.807) is 17.7 Å². The monoisotopic (exact) mass is 341 g/mol. The molecule has 5 nitrogen and oxygen atoms in total. The molecule has 3 heterocycles. The van der Waals surface area contributed by atoms with Crippen LogP contribution in [0.2, 0.25) is 0 Å². The molecule has 0 aliphatic carbocycles. The van der Waals surface area contributed by atoms with E-state index in [0.717, 1.165) is 47.0 Å². The van der Waals surface area contributed by atoms with Gasteiger partial charge < -0.3 is 14.4 Å². The van der Waals surface area contributed by atoms with Crippen molar-refractivity contribution in [3.8, 4) is 11.5 Å². The molecule has 0 bridgehead atoms. The van der Waals surface area contributed by atoms with Crippen molar-refractivity contribution in [1.29, 1.82) is 0 Å². The van der Waals surface area contributed by atoms with E-state index < -0.39 is 0 Å². The standard InChI is InChI=1S/C18H19N3O2S/c1-2-8-21(17-14-7-9-24-18(14)20-12-19-17)10-13-11-22-15-5-3-4-6-16(15)23-13/h3-7,9,12-13H,2,8,10-11H2,1H3. The van der Waals surface area contributed by atoms with Gasteiger partial charge in [0, 0.05) is 6.54 Å². The van der Waals surface area contributed by atoms with E-state index in [-0.39, 0.29) is 6.10 Å². The third kappa shape index (κ3) is 2.89. The molecule has 2 aromatic heterocycles. The molecule has 0 amide bonds. The second-order valence-electron chi connectivity index (χ2n) is 5.78. The first-order chi connectivity index (χ1) is 11.8. The molecule has 124 valence electrons. The number of aromatic nitrogens is 2. The van der Waals surface area contributed by atoms with E-state index >= 15 is 0 Å². The molecule has 1 atom stereocenters. The first kappa shape index (κ1) is 15.2. The quantitative estimate of drug-likeness (QED) is 0.707. The van der Waals surface area contributed by atoms with Crippen molar-refractivity contribution < 1.29 is 9.47 Å². The van der Waals surface area contributed by atoms with Gasteiger partial charge in [-0.05, 0) is 30.0 Å². The van der Waals surface area contributed by atoms with Gasteiger partial charge in [-0.1, -0.05) is 19.1 Å². The SMILES string of the molecule is CCCN(CC1COc2ccccc2O1)c1ncnc2sccc12. The van der Waals surface area contributed by atoms with Crippen LogP contribution in [-0.2, 0) is 0 Å². The van der Waals surface area contributed by atoms with E-state index in [2.05, 4.69) is 33.2 Å². The van der Waals surface area contributed by atoms with E-state index in [9.17, 15) is 0 Å². The summed E-state index contributed by atoms with van der Waals surface area (Å²) >= 11 is 1.64. The van der Waals surface area contributed by atoms with Crippen molar-refractivity contribution in [3.63, 3.8) is 0 Å². The van der Waals surface area contributed by atoms with E-state index in [1.165, 1.54) is 0 Å². The Balaban J connectivity index is 1.57. The molecule has 1 aromatic carbocycles. The molecule has 0 N–H and O–H groups in total. The highest BCUT2D eigenvalue weighted by Gasteiger charge is 2.24. The minimum absolute atomic E-state index is 0.0184. The van der Waals surface area contributed by atoms with E-state index in [0.29, 0.717) is 6.61 Å². The maximum absolute atomic E-state index is 6.12. The molecule has 3 aromatic rings. The van der Waals surface area contributed by atoms with Crippen LogP contribution < -0.4 is 14.4 Å². The Kier molecular flexibility index (Phi) is 4.21. The summed E-state index contributed by atoms with van der Waals surface area (Å²) in [4.78, 5) is 12.2. The molecular weight excluding hydrogens is 322 g/mol. The van der Waals surface area contributed by atoms with Gasteiger partial charge in [-0.15, -0.1) is 11.3 Å². The summed E-state index contributed by atoms with van der Waals surface area (Å²) in [5.41, 5.74) is 0. The molecule has 0 radical (unpaired) electrons. The van der Waals surface area contributed by atoms with E-state index in [4.69, 9.17) is 9.47 Å². The summed E-state index contributed by atoms with van der Waals surface area (Å²) in [6, 6.07) is 9.90. The number of hydrogen-bond donors (Lipinski definition) is 0. The van der Waals surface area contributed by atoms with Crippen LogP contribution in [0, 0.1) is 0 Å². The highest BCUT2D eigenvalue weighted by Crippen LogP contribution is 2.32. The zero-order chi connectivity index (χ0) is 16.4. The summed E-state index contributed by atoms with van der Waals surface area (Å²) in [5.74, 6) is 2.61. The number of rotatable bonds is 5. The first-order valence-corrected chi connectivity index (χ1v) is 9.04. The number of fused-ring (bicyclic) bond motifs is 2. The summed E-state index contributed by atoms with van der Waals surface area (Å²) in [7, 11) is 0. The third-order valence-corrected chi connectivity index (χ3v) is 4.85. The van der Waals surface area contributed by atoms with Crippen molar-refractivity contribution in [1.82, 2.24) is 9.97 Å². The highest BCUT2D eigenvalue weighted by molar-refractivity contribution is 7.16. The molecule has 1 aliphatic heterocycles. The van der Waals surface area contributed by atoms with Crippen LogP contribution >= 0.6 is 11.3 Å². The van der Waals surface area contributed by atoms with Crippen molar-refractivity contribution >= 4 is 27.4 Å². The second kappa shape index (κ2) is 6.65. The van der Waals surface area contributed by atoms with Crippen molar-refractivity contribution in [2.45, 2.75) is 19.4 Å². The van der Waals surface area contributed by atoms with Crippen LogP contribution in [0.15, 0.2) is 42.0 Å². The maximum Gasteiger partial charge on any atom is 0.161 e. The third-order valence-electron chi connectivity index (χ3n) is 4.03. The first-order valence-electron chi connectivity index (χ1n) is 8.17. The van der Waals surface area contributed by atoms with E-state index in [1.807, 2.05) is 24.3 Å². The Morgan fingerprint density at radius 1 is 1.21 bits per heavy atom. The predicted octanol–water partition coefficient (Wildman–Crippen LogP) is 3.75. The van der Waals surface area contributed by atoms with Gasteiger partial charge in [-0.2, -0.15) is 0 Å². The minimum atomic E-state index is -0.0184. The predicted molar refractivity (Wildman–Crippen MR) is 96.3 cm³/mol. The Morgan fingerprint density at radius 2 is 2.08 bits per heavy atom. The number of ether oxygens (including phenoxy) is 2. The van der Waals surface area contributed by atoms with Crippen LogP contribution in [-0.4, -0.2) is 35.8 Å². The smallest absolute Gasteiger partial charge is 0.161 e. The molecule has 6 heteroatoms. The summed E-state index contributed by atoms with van der Waals surface area (Å²) in [5, 5.41) is 3.16. The van der Waals surface area contributed by atoms with Gasteiger partial charge in [-0.25, -0.2) is 9.97 Å².